The zero-order valence-electron chi connectivity index (χ0n) is 8.64. The number of benzene rings is 1. The SMILES string of the molecule is Cn1cc(-c2cc(Br)cc(C(N)=O)c2)cn1. The molecule has 0 atom stereocenters. The van der Waals surface area contributed by atoms with Crippen LogP contribution in [0.25, 0.3) is 11.1 Å². The van der Waals surface area contributed by atoms with E-state index in [4.69, 9.17) is 5.73 Å². The van der Waals surface area contributed by atoms with E-state index in [1.54, 1.807) is 23.0 Å². The fourth-order valence-electron chi connectivity index (χ4n) is 1.47. The van der Waals surface area contributed by atoms with Crippen molar-refractivity contribution in [2.75, 3.05) is 0 Å². The van der Waals surface area contributed by atoms with Crippen molar-refractivity contribution >= 4 is 21.8 Å². The van der Waals surface area contributed by atoms with E-state index >= 15 is 0 Å². The first kappa shape index (κ1) is 10.9. The van der Waals surface area contributed by atoms with E-state index in [9.17, 15) is 4.79 Å². The normalized spacial score (nSPS) is 10.4. The van der Waals surface area contributed by atoms with Crippen molar-refractivity contribution in [1.29, 1.82) is 0 Å². The minimum Gasteiger partial charge on any atom is -0.366 e. The maximum Gasteiger partial charge on any atom is 0.248 e. The van der Waals surface area contributed by atoms with Gasteiger partial charge >= 0.3 is 0 Å². The topological polar surface area (TPSA) is 60.9 Å². The van der Waals surface area contributed by atoms with Crippen molar-refractivity contribution in [2.24, 2.45) is 12.8 Å². The molecule has 2 N–H and O–H groups in total. The van der Waals surface area contributed by atoms with Gasteiger partial charge in [0.25, 0.3) is 0 Å². The van der Waals surface area contributed by atoms with E-state index < -0.39 is 5.91 Å². The second-order valence-corrected chi connectivity index (χ2v) is 4.41. The number of amides is 1. The van der Waals surface area contributed by atoms with E-state index in [1.165, 1.54) is 0 Å². The summed E-state index contributed by atoms with van der Waals surface area (Å²) in [5.74, 6) is -0.438. The van der Waals surface area contributed by atoms with Gasteiger partial charge in [0, 0.05) is 28.8 Å². The van der Waals surface area contributed by atoms with Crippen LogP contribution < -0.4 is 5.73 Å². The third-order valence-electron chi connectivity index (χ3n) is 2.22. The Labute approximate surface area is 101 Å². The number of hydrogen-bond acceptors (Lipinski definition) is 2. The van der Waals surface area contributed by atoms with Gasteiger partial charge in [-0.25, -0.2) is 0 Å². The van der Waals surface area contributed by atoms with Crippen LogP contribution in [0.2, 0.25) is 0 Å². The van der Waals surface area contributed by atoms with E-state index in [0.29, 0.717) is 5.56 Å². The van der Waals surface area contributed by atoms with Gasteiger partial charge in [0.05, 0.1) is 6.20 Å². The van der Waals surface area contributed by atoms with Crippen LogP contribution in [0.4, 0.5) is 0 Å². The summed E-state index contributed by atoms with van der Waals surface area (Å²) >= 11 is 3.35. The molecule has 0 unspecified atom stereocenters. The monoisotopic (exact) mass is 279 g/mol. The Hall–Kier alpha value is -1.62. The highest BCUT2D eigenvalue weighted by molar-refractivity contribution is 9.10. The zero-order chi connectivity index (χ0) is 11.7. The van der Waals surface area contributed by atoms with Crippen molar-refractivity contribution in [3.63, 3.8) is 0 Å². The van der Waals surface area contributed by atoms with Crippen molar-refractivity contribution < 1.29 is 4.79 Å². The van der Waals surface area contributed by atoms with Crippen molar-refractivity contribution in [1.82, 2.24) is 9.78 Å². The van der Waals surface area contributed by atoms with E-state index in [0.717, 1.165) is 15.6 Å². The van der Waals surface area contributed by atoms with Crippen LogP contribution in [0, 0.1) is 0 Å². The summed E-state index contributed by atoms with van der Waals surface area (Å²) in [7, 11) is 1.84. The average molecular weight is 280 g/mol. The molecule has 82 valence electrons. The van der Waals surface area contributed by atoms with E-state index in [-0.39, 0.29) is 0 Å². The summed E-state index contributed by atoms with van der Waals surface area (Å²) < 4.78 is 2.53. The zero-order valence-corrected chi connectivity index (χ0v) is 10.2. The summed E-state index contributed by atoms with van der Waals surface area (Å²) in [5.41, 5.74) is 7.60. The van der Waals surface area contributed by atoms with Gasteiger partial charge in [-0.15, -0.1) is 0 Å². The number of hydrogen-bond donors (Lipinski definition) is 1. The molecule has 1 heterocycles. The Kier molecular flexibility index (Phi) is 2.78. The van der Waals surface area contributed by atoms with Crippen LogP contribution >= 0.6 is 15.9 Å². The molecule has 0 aliphatic heterocycles. The van der Waals surface area contributed by atoms with Gasteiger partial charge in [-0.2, -0.15) is 5.10 Å². The average Bonchev–Trinajstić information content (AvgIpc) is 2.64. The standard InChI is InChI=1S/C11H10BrN3O/c1-15-6-9(5-14-15)7-2-8(11(13)16)4-10(12)3-7/h2-6H,1H3,(H2,13,16). The molecule has 0 saturated heterocycles. The second kappa shape index (κ2) is 4.09. The molecule has 1 aromatic heterocycles. The first-order valence-electron chi connectivity index (χ1n) is 4.65. The predicted octanol–water partition coefficient (Wildman–Crippen LogP) is 1.95. The molecule has 0 fully saturated rings. The molecule has 1 aromatic carbocycles. The number of nitrogens with two attached hydrogens (primary N) is 1. The molecular formula is C11H10BrN3O. The minimum atomic E-state index is -0.438. The molecule has 0 aliphatic carbocycles. The number of carbonyl (C=O) groups is 1. The number of carbonyl (C=O) groups excluding carboxylic acids is 1. The molecule has 2 rings (SSSR count). The smallest absolute Gasteiger partial charge is 0.248 e. The van der Waals surface area contributed by atoms with Gasteiger partial charge in [0.2, 0.25) is 5.91 Å². The first-order chi connectivity index (χ1) is 7.56. The third kappa shape index (κ3) is 2.14. The summed E-state index contributed by atoms with van der Waals surface area (Å²) in [6.07, 6.45) is 3.62. The molecule has 5 heteroatoms. The molecule has 2 aromatic rings. The van der Waals surface area contributed by atoms with Crippen LogP contribution in [-0.2, 0) is 7.05 Å². The maximum atomic E-state index is 11.1. The van der Waals surface area contributed by atoms with Crippen LogP contribution in [0.3, 0.4) is 0 Å². The number of aryl methyl sites for hydroxylation is 1. The summed E-state index contributed by atoms with van der Waals surface area (Å²) in [6.45, 7) is 0. The lowest BCUT2D eigenvalue weighted by Gasteiger charge is -2.02. The van der Waals surface area contributed by atoms with E-state index in [1.807, 2.05) is 19.3 Å². The Morgan fingerprint density at radius 2 is 2.12 bits per heavy atom. The molecule has 0 radical (unpaired) electrons. The lowest BCUT2D eigenvalue weighted by molar-refractivity contribution is 0.100. The van der Waals surface area contributed by atoms with Gasteiger partial charge < -0.3 is 5.73 Å². The van der Waals surface area contributed by atoms with Gasteiger partial charge in [-0.1, -0.05) is 15.9 Å². The maximum absolute atomic E-state index is 11.1. The molecule has 16 heavy (non-hydrogen) atoms. The Bertz CT molecular complexity index is 548. The highest BCUT2D eigenvalue weighted by Crippen LogP contribution is 2.24. The van der Waals surface area contributed by atoms with Gasteiger partial charge in [0.15, 0.2) is 0 Å². The van der Waals surface area contributed by atoms with Crippen LogP contribution in [0.5, 0.6) is 0 Å². The molecule has 0 bridgehead atoms. The molecule has 0 spiro atoms. The number of primary amides is 1. The minimum absolute atomic E-state index is 0.438. The lowest BCUT2D eigenvalue weighted by atomic mass is 10.1. The van der Waals surface area contributed by atoms with Crippen molar-refractivity contribution in [3.05, 3.63) is 40.6 Å². The van der Waals surface area contributed by atoms with Gasteiger partial charge in [0.1, 0.15) is 0 Å². The van der Waals surface area contributed by atoms with Gasteiger partial charge in [-0.05, 0) is 23.8 Å². The number of halogens is 1. The van der Waals surface area contributed by atoms with Gasteiger partial charge in [-0.3, -0.25) is 9.48 Å². The fourth-order valence-corrected chi connectivity index (χ4v) is 1.96. The predicted molar refractivity (Wildman–Crippen MR) is 64.9 cm³/mol. The Morgan fingerprint density at radius 1 is 1.38 bits per heavy atom. The highest BCUT2D eigenvalue weighted by atomic mass is 79.9. The number of nitrogens with zero attached hydrogens (tertiary/aromatic N) is 2. The van der Waals surface area contributed by atoms with Crippen molar-refractivity contribution in [3.8, 4) is 11.1 Å². The highest BCUT2D eigenvalue weighted by Gasteiger charge is 2.07. The molecule has 0 saturated carbocycles. The lowest BCUT2D eigenvalue weighted by Crippen LogP contribution is -2.10. The molecule has 1 amide bonds. The first-order valence-corrected chi connectivity index (χ1v) is 5.45. The van der Waals surface area contributed by atoms with E-state index in [2.05, 4.69) is 21.0 Å². The summed E-state index contributed by atoms with van der Waals surface area (Å²) in [4.78, 5) is 11.1. The quantitative estimate of drug-likeness (QED) is 0.913. The number of rotatable bonds is 2. The summed E-state index contributed by atoms with van der Waals surface area (Å²) in [5, 5.41) is 4.08. The summed E-state index contributed by atoms with van der Waals surface area (Å²) in [6, 6.07) is 5.37. The molecule has 4 nitrogen and oxygen atoms in total. The molecular weight excluding hydrogens is 270 g/mol. The van der Waals surface area contributed by atoms with Crippen LogP contribution in [0.15, 0.2) is 35.1 Å². The largest absolute Gasteiger partial charge is 0.366 e. The Balaban J connectivity index is 2.53. The second-order valence-electron chi connectivity index (χ2n) is 3.50. The van der Waals surface area contributed by atoms with Crippen LogP contribution in [-0.4, -0.2) is 15.7 Å². The van der Waals surface area contributed by atoms with Crippen molar-refractivity contribution in [2.45, 2.75) is 0 Å². The Morgan fingerprint density at radius 3 is 2.69 bits per heavy atom. The molecule has 0 aliphatic rings. The fraction of sp³-hybridized carbons (Fsp3) is 0.0909. The third-order valence-corrected chi connectivity index (χ3v) is 2.68. The number of aromatic nitrogens is 2. The van der Waals surface area contributed by atoms with Crippen LogP contribution in [0.1, 0.15) is 10.4 Å².